The molecule has 0 saturated carbocycles. The summed E-state index contributed by atoms with van der Waals surface area (Å²) in [6, 6.07) is 10.6. The lowest BCUT2D eigenvalue weighted by molar-refractivity contribution is 0.413. The molecule has 0 unspecified atom stereocenters. The third kappa shape index (κ3) is 2.09. The zero-order valence-corrected chi connectivity index (χ0v) is 9.75. The summed E-state index contributed by atoms with van der Waals surface area (Å²) in [5, 5.41) is 0. The molecule has 0 atom stereocenters. The van der Waals surface area contributed by atoms with Gasteiger partial charge in [0, 0.05) is 18.3 Å². The molecule has 0 radical (unpaired) electrons. The minimum absolute atomic E-state index is 0.279. The normalized spacial score (nSPS) is 11.4. The summed E-state index contributed by atoms with van der Waals surface area (Å²) < 4.78 is 0. The van der Waals surface area contributed by atoms with Gasteiger partial charge in [0.1, 0.15) is 0 Å². The molecule has 0 fully saturated rings. The van der Waals surface area contributed by atoms with Crippen LogP contribution in [0.15, 0.2) is 30.3 Å². The fourth-order valence-electron chi connectivity index (χ4n) is 1.69. The molecule has 0 bridgehead atoms. The second-order valence-electron chi connectivity index (χ2n) is 4.10. The summed E-state index contributed by atoms with van der Waals surface area (Å²) in [6.07, 6.45) is 2.35. The zero-order valence-electron chi connectivity index (χ0n) is 9.75. The van der Waals surface area contributed by atoms with Gasteiger partial charge >= 0.3 is 0 Å². The maximum absolute atomic E-state index is 2.38. The van der Waals surface area contributed by atoms with Crippen molar-refractivity contribution in [2.24, 2.45) is 0 Å². The van der Waals surface area contributed by atoms with E-state index in [-0.39, 0.29) is 5.54 Å². The van der Waals surface area contributed by atoms with Gasteiger partial charge in [-0.1, -0.05) is 32.0 Å². The van der Waals surface area contributed by atoms with Crippen molar-refractivity contribution in [3.63, 3.8) is 0 Å². The highest BCUT2D eigenvalue weighted by molar-refractivity contribution is 5.47. The Morgan fingerprint density at radius 2 is 1.57 bits per heavy atom. The molecule has 1 nitrogen and oxygen atoms in total. The summed E-state index contributed by atoms with van der Waals surface area (Å²) in [7, 11) is 2.18. The summed E-state index contributed by atoms with van der Waals surface area (Å²) >= 11 is 0. The van der Waals surface area contributed by atoms with Gasteiger partial charge < -0.3 is 4.90 Å². The van der Waals surface area contributed by atoms with Crippen molar-refractivity contribution in [3.05, 3.63) is 30.3 Å². The van der Waals surface area contributed by atoms with Gasteiger partial charge in [-0.05, 0) is 31.9 Å². The summed E-state index contributed by atoms with van der Waals surface area (Å²) in [4.78, 5) is 2.38. The van der Waals surface area contributed by atoms with E-state index in [0.717, 1.165) is 0 Å². The summed E-state index contributed by atoms with van der Waals surface area (Å²) in [5.74, 6) is 0. The Labute approximate surface area is 87.7 Å². The van der Waals surface area contributed by atoms with Crippen LogP contribution in [0.3, 0.4) is 0 Å². The Morgan fingerprint density at radius 1 is 1.07 bits per heavy atom. The van der Waals surface area contributed by atoms with Gasteiger partial charge in [0.2, 0.25) is 0 Å². The second-order valence-corrected chi connectivity index (χ2v) is 4.10. The van der Waals surface area contributed by atoms with E-state index in [1.165, 1.54) is 18.5 Å². The Kier molecular flexibility index (Phi) is 3.56. The highest BCUT2D eigenvalue weighted by atomic mass is 15.2. The molecule has 1 heteroatoms. The molecule has 0 aliphatic rings. The van der Waals surface area contributed by atoms with Crippen LogP contribution in [0.4, 0.5) is 5.69 Å². The first-order valence-electron chi connectivity index (χ1n) is 5.43. The minimum atomic E-state index is 0.279. The van der Waals surface area contributed by atoms with Gasteiger partial charge in [-0.25, -0.2) is 0 Å². The van der Waals surface area contributed by atoms with E-state index in [4.69, 9.17) is 0 Å². The number of nitrogens with zero attached hydrogens (tertiary/aromatic N) is 1. The minimum Gasteiger partial charge on any atom is -0.369 e. The van der Waals surface area contributed by atoms with E-state index in [1.807, 2.05) is 0 Å². The van der Waals surface area contributed by atoms with Crippen LogP contribution in [-0.4, -0.2) is 12.6 Å². The SMILES string of the molecule is CCC(C)(CC)N(C)c1ccccc1. The van der Waals surface area contributed by atoms with E-state index in [2.05, 4.69) is 63.1 Å². The smallest absolute Gasteiger partial charge is 0.0368 e. The number of rotatable bonds is 4. The molecular weight excluding hydrogens is 170 g/mol. The summed E-state index contributed by atoms with van der Waals surface area (Å²) in [6.45, 7) is 6.83. The zero-order chi connectivity index (χ0) is 10.6. The molecule has 1 rings (SSSR count). The van der Waals surface area contributed by atoms with Crippen molar-refractivity contribution in [2.75, 3.05) is 11.9 Å². The number of benzene rings is 1. The highest BCUT2D eigenvalue weighted by Crippen LogP contribution is 2.27. The number of para-hydroxylation sites is 1. The first kappa shape index (κ1) is 11.1. The third-order valence-corrected chi connectivity index (χ3v) is 3.48. The molecule has 0 amide bonds. The van der Waals surface area contributed by atoms with Crippen LogP contribution < -0.4 is 4.90 Å². The quantitative estimate of drug-likeness (QED) is 0.701. The molecule has 1 aromatic carbocycles. The first-order valence-corrected chi connectivity index (χ1v) is 5.43. The second kappa shape index (κ2) is 4.50. The van der Waals surface area contributed by atoms with Crippen molar-refractivity contribution in [1.29, 1.82) is 0 Å². The molecule has 0 aromatic heterocycles. The Balaban J connectivity index is 2.89. The Hall–Kier alpha value is -0.980. The van der Waals surface area contributed by atoms with Crippen LogP contribution in [0.5, 0.6) is 0 Å². The van der Waals surface area contributed by atoms with Crippen molar-refractivity contribution in [2.45, 2.75) is 39.2 Å². The van der Waals surface area contributed by atoms with Crippen LogP contribution in [0, 0.1) is 0 Å². The lowest BCUT2D eigenvalue weighted by Gasteiger charge is -2.39. The van der Waals surface area contributed by atoms with Crippen molar-refractivity contribution in [1.82, 2.24) is 0 Å². The van der Waals surface area contributed by atoms with Gasteiger partial charge in [0.25, 0.3) is 0 Å². The fraction of sp³-hybridized carbons (Fsp3) is 0.538. The molecule has 0 heterocycles. The van der Waals surface area contributed by atoms with E-state index in [0.29, 0.717) is 0 Å². The third-order valence-electron chi connectivity index (χ3n) is 3.48. The average molecular weight is 191 g/mol. The van der Waals surface area contributed by atoms with Gasteiger partial charge in [0.15, 0.2) is 0 Å². The van der Waals surface area contributed by atoms with Crippen LogP contribution in [0.1, 0.15) is 33.6 Å². The molecule has 0 spiro atoms. The van der Waals surface area contributed by atoms with Crippen molar-refractivity contribution >= 4 is 5.69 Å². The van der Waals surface area contributed by atoms with Gasteiger partial charge in [0.05, 0.1) is 0 Å². The molecular formula is C13H21N. The lowest BCUT2D eigenvalue weighted by atomic mass is 9.93. The van der Waals surface area contributed by atoms with E-state index >= 15 is 0 Å². The van der Waals surface area contributed by atoms with Gasteiger partial charge in [-0.15, -0.1) is 0 Å². The Bertz CT molecular complexity index is 262. The van der Waals surface area contributed by atoms with Crippen LogP contribution in [0.25, 0.3) is 0 Å². The fourth-order valence-corrected chi connectivity index (χ4v) is 1.69. The lowest BCUT2D eigenvalue weighted by Crippen LogP contribution is -2.42. The maximum Gasteiger partial charge on any atom is 0.0368 e. The topological polar surface area (TPSA) is 3.24 Å². The highest BCUT2D eigenvalue weighted by Gasteiger charge is 2.24. The standard InChI is InChI=1S/C13H21N/c1-5-13(3,6-2)14(4)12-10-8-7-9-11-12/h7-11H,5-6H2,1-4H3. The maximum atomic E-state index is 2.38. The molecule has 0 aliphatic heterocycles. The Morgan fingerprint density at radius 3 is 2.00 bits per heavy atom. The molecule has 0 saturated heterocycles. The van der Waals surface area contributed by atoms with Gasteiger partial charge in [-0.2, -0.15) is 0 Å². The van der Waals surface area contributed by atoms with Crippen LogP contribution in [-0.2, 0) is 0 Å². The molecule has 14 heavy (non-hydrogen) atoms. The van der Waals surface area contributed by atoms with E-state index in [9.17, 15) is 0 Å². The molecule has 78 valence electrons. The first-order chi connectivity index (χ1) is 6.64. The van der Waals surface area contributed by atoms with E-state index < -0.39 is 0 Å². The van der Waals surface area contributed by atoms with Crippen molar-refractivity contribution in [3.8, 4) is 0 Å². The predicted octanol–water partition coefficient (Wildman–Crippen LogP) is 3.70. The largest absolute Gasteiger partial charge is 0.369 e. The monoisotopic (exact) mass is 191 g/mol. The average Bonchev–Trinajstić information content (AvgIpc) is 2.28. The van der Waals surface area contributed by atoms with Gasteiger partial charge in [-0.3, -0.25) is 0 Å². The molecule has 0 N–H and O–H groups in total. The number of anilines is 1. The molecule has 0 aliphatic carbocycles. The summed E-state index contributed by atoms with van der Waals surface area (Å²) in [5.41, 5.74) is 1.58. The van der Waals surface area contributed by atoms with Crippen LogP contribution in [0.2, 0.25) is 0 Å². The number of hydrogen-bond donors (Lipinski definition) is 0. The molecule has 1 aromatic rings. The number of hydrogen-bond acceptors (Lipinski definition) is 1. The van der Waals surface area contributed by atoms with Crippen LogP contribution >= 0.6 is 0 Å². The predicted molar refractivity (Wildman–Crippen MR) is 63.8 cm³/mol. The van der Waals surface area contributed by atoms with Crippen molar-refractivity contribution < 1.29 is 0 Å². The van der Waals surface area contributed by atoms with E-state index in [1.54, 1.807) is 0 Å².